The number of nitrogens with zero attached hydrogens (tertiary/aromatic N) is 4. The number of carbonyl (C=O) groups excluding carboxylic acids is 1. The van der Waals surface area contributed by atoms with Crippen LogP contribution in [0.15, 0.2) is 24.5 Å². The molecule has 3 heterocycles. The number of β-amino-alcohol motifs (C(OH)–C–C–N with tert-alkyl or cyclic N) is 1. The van der Waals surface area contributed by atoms with Gasteiger partial charge in [-0.3, -0.25) is 19.6 Å². The van der Waals surface area contributed by atoms with E-state index in [0.717, 1.165) is 58.7 Å². The van der Waals surface area contributed by atoms with Crippen LogP contribution in [0.2, 0.25) is 0 Å². The summed E-state index contributed by atoms with van der Waals surface area (Å²) < 4.78 is 0. The Morgan fingerprint density at radius 1 is 1.28 bits per heavy atom. The number of rotatable bonds is 5. The minimum absolute atomic E-state index is 0.119. The Morgan fingerprint density at radius 2 is 2.08 bits per heavy atom. The molecule has 2 atom stereocenters. The van der Waals surface area contributed by atoms with E-state index in [1.165, 1.54) is 5.56 Å². The molecular weight excluding hydrogens is 316 g/mol. The van der Waals surface area contributed by atoms with Crippen LogP contribution in [-0.2, 0) is 11.3 Å². The summed E-state index contributed by atoms with van der Waals surface area (Å²) in [7, 11) is 0. The summed E-state index contributed by atoms with van der Waals surface area (Å²) >= 11 is 0. The standard InChI is InChI=1S/C19H30N4O2/c1-16(24)13-21-8-10-23(11-9-21)19(25)18-5-3-7-22(15-18)14-17-4-2-6-20-12-17/h2,4,6,12,16,18,24H,3,5,7-11,13-15H2,1H3/t16-,18-/m0/s1. The van der Waals surface area contributed by atoms with Crippen molar-refractivity contribution in [1.29, 1.82) is 0 Å². The van der Waals surface area contributed by atoms with Gasteiger partial charge in [-0.05, 0) is 37.9 Å². The van der Waals surface area contributed by atoms with Gasteiger partial charge in [0.15, 0.2) is 0 Å². The van der Waals surface area contributed by atoms with Crippen molar-refractivity contribution in [1.82, 2.24) is 19.7 Å². The van der Waals surface area contributed by atoms with Gasteiger partial charge in [0.2, 0.25) is 5.91 Å². The number of likely N-dealkylation sites (tertiary alicyclic amines) is 1. The highest BCUT2D eigenvalue weighted by Gasteiger charge is 2.31. The predicted molar refractivity (Wildman–Crippen MR) is 96.9 cm³/mol. The normalized spacial score (nSPS) is 24.2. The van der Waals surface area contributed by atoms with Gasteiger partial charge in [0.25, 0.3) is 0 Å². The average molecular weight is 346 g/mol. The largest absolute Gasteiger partial charge is 0.392 e. The topological polar surface area (TPSA) is 59.9 Å². The number of hydrogen-bond acceptors (Lipinski definition) is 5. The Hall–Kier alpha value is -1.50. The van der Waals surface area contributed by atoms with Crippen LogP contribution in [0.25, 0.3) is 0 Å². The van der Waals surface area contributed by atoms with Crippen molar-refractivity contribution < 1.29 is 9.90 Å². The Kier molecular flexibility index (Phi) is 6.39. The number of piperidine rings is 1. The Bertz CT molecular complexity index is 544. The number of amides is 1. The summed E-state index contributed by atoms with van der Waals surface area (Å²) in [6, 6.07) is 4.06. The van der Waals surface area contributed by atoms with Crippen molar-refractivity contribution >= 4 is 5.91 Å². The van der Waals surface area contributed by atoms with Gasteiger partial charge in [0.1, 0.15) is 0 Å². The SMILES string of the molecule is C[C@H](O)CN1CCN(C(=O)[C@H]2CCCN(Cc3cccnc3)C2)CC1. The fourth-order valence-electron chi connectivity index (χ4n) is 3.93. The van der Waals surface area contributed by atoms with E-state index in [0.29, 0.717) is 12.5 Å². The van der Waals surface area contributed by atoms with Gasteiger partial charge in [-0.2, -0.15) is 0 Å². The maximum atomic E-state index is 12.9. The van der Waals surface area contributed by atoms with Crippen molar-refractivity contribution in [2.24, 2.45) is 5.92 Å². The molecule has 138 valence electrons. The summed E-state index contributed by atoms with van der Waals surface area (Å²) in [5.74, 6) is 0.432. The van der Waals surface area contributed by atoms with Crippen LogP contribution in [0.4, 0.5) is 0 Å². The van der Waals surface area contributed by atoms with E-state index >= 15 is 0 Å². The summed E-state index contributed by atoms with van der Waals surface area (Å²) in [6.45, 7) is 8.59. The first-order valence-corrected chi connectivity index (χ1v) is 9.42. The van der Waals surface area contributed by atoms with Crippen molar-refractivity contribution in [3.8, 4) is 0 Å². The summed E-state index contributed by atoms with van der Waals surface area (Å²) in [5, 5.41) is 9.50. The molecule has 2 saturated heterocycles. The molecule has 1 aromatic rings. The lowest BCUT2D eigenvalue weighted by Crippen LogP contribution is -2.53. The Balaban J connectivity index is 1.49. The van der Waals surface area contributed by atoms with Crippen LogP contribution in [0.1, 0.15) is 25.3 Å². The Morgan fingerprint density at radius 3 is 2.76 bits per heavy atom. The zero-order valence-electron chi connectivity index (χ0n) is 15.2. The molecule has 1 N–H and O–H groups in total. The second-order valence-corrected chi connectivity index (χ2v) is 7.41. The van der Waals surface area contributed by atoms with E-state index in [9.17, 15) is 9.90 Å². The first-order valence-electron chi connectivity index (χ1n) is 9.42. The van der Waals surface area contributed by atoms with Crippen LogP contribution in [0.5, 0.6) is 0 Å². The molecule has 1 amide bonds. The summed E-state index contributed by atoms with van der Waals surface area (Å²) in [5.41, 5.74) is 1.21. The van der Waals surface area contributed by atoms with E-state index in [1.54, 1.807) is 6.20 Å². The molecule has 25 heavy (non-hydrogen) atoms. The van der Waals surface area contributed by atoms with Gasteiger partial charge in [-0.1, -0.05) is 6.07 Å². The number of aliphatic hydroxyl groups excluding tert-OH is 1. The van der Waals surface area contributed by atoms with Crippen molar-refractivity contribution in [3.63, 3.8) is 0 Å². The van der Waals surface area contributed by atoms with Crippen LogP contribution < -0.4 is 0 Å². The minimum atomic E-state index is -0.304. The number of aromatic nitrogens is 1. The molecule has 6 heteroatoms. The lowest BCUT2D eigenvalue weighted by molar-refractivity contribution is -0.139. The second-order valence-electron chi connectivity index (χ2n) is 7.41. The predicted octanol–water partition coefficient (Wildman–Crippen LogP) is 0.819. The van der Waals surface area contributed by atoms with Gasteiger partial charge in [-0.25, -0.2) is 0 Å². The van der Waals surface area contributed by atoms with Crippen molar-refractivity contribution in [2.45, 2.75) is 32.4 Å². The fourth-order valence-corrected chi connectivity index (χ4v) is 3.93. The fraction of sp³-hybridized carbons (Fsp3) is 0.684. The molecule has 2 aliphatic rings. The van der Waals surface area contributed by atoms with Gasteiger partial charge < -0.3 is 10.0 Å². The number of hydrogen-bond donors (Lipinski definition) is 1. The van der Waals surface area contributed by atoms with Gasteiger partial charge in [-0.15, -0.1) is 0 Å². The average Bonchev–Trinajstić information content (AvgIpc) is 2.62. The van der Waals surface area contributed by atoms with E-state index in [1.807, 2.05) is 24.1 Å². The number of piperazine rings is 1. The third-order valence-electron chi connectivity index (χ3n) is 5.19. The summed E-state index contributed by atoms with van der Waals surface area (Å²) in [4.78, 5) is 23.7. The van der Waals surface area contributed by atoms with E-state index < -0.39 is 0 Å². The van der Waals surface area contributed by atoms with E-state index in [-0.39, 0.29) is 12.0 Å². The van der Waals surface area contributed by atoms with Gasteiger partial charge in [0.05, 0.1) is 12.0 Å². The minimum Gasteiger partial charge on any atom is -0.392 e. The van der Waals surface area contributed by atoms with E-state index in [2.05, 4.69) is 20.9 Å². The molecule has 3 rings (SSSR count). The van der Waals surface area contributed by atoms with Crippen molar-refractivity contribution in [2.75, 3.05) is 45.8 Å². The van der Waals surface area contributed by atoms with Crippen LogP contribution in [-0.4, -0.2) is 82.6 Å². The summed E-state index contributed by atoms with van der Waals surface area (Å²) in [6.07, 6.45) is 5.48. The first kappa shape index (κ1) is 18.3. The molecule has 0 bridgehead atoms. The highest BCUT2D eigenvalue weighted by molar-refractivity contribution is 5.79. The molecular formula is C19H30N4O2. The van der Waals surface area contributed by atoms with Gasteiger partial charge in [0, 0.05) is 58.2 Å². The third-order valence-corrected chi connectivity index (χ3v) is 5.19. The first-order chi connectivity index (χ1) is 12.1. The maximum absolute atomic E-state index is 12.9. The molecule has 6 nitrogen and oxygen atoms in total. The zero-order chi connectivity index (χ0) is 17.6. The third kappa shape index (κ3) is 5.23. The lowest BCUT2D eigenvalue weighted by atomic mass is 9.96. The van der Waals surface area contributed by atoms with Crippen LogP contribution >= 0.6 is 0 Å². The number of pyridine rings is 1. The molecule has 0 aliphatic carbocycles. The molecule has 0 radical (unpaired) electrons. The molecule has 2 fully saturated rings. The highest BCUT2D eigenvalue weighted by atomic mass is 16.3. The second kappa shape index (κ2) is 8.74. The number of carbonyl (C=O) groups is 1. The van der Waals surface area contributed by atoms with Gasteiger partial charge >= 0.3 is 0 Å². The molecule has 0 aromatic carbocycles. The smallest absolute Gasteiger partial charge is 0.227 e. The van der Waals surface area contributed by atoms with Crippen molar-refractivity contribution in [3.05, 3.63) is 30.1 Å². The highest BCUT2D eigenvalue weighted by Crippen LogP contribution is 2.21. The van der Waals surface area contributed by atoms with E-state index in [4.69, 9.17) is 0 Å². The monoisotopic (exact) mass is 346 g/mol. The molecule has 0 spiro atoms. The lowest BCUT2D eigenvalue weighted by Gasteiger charge is -2.39. The Labute approximate surface area is 150 Å². The van der Waals surface area contributed by atoms with Crippen LogP contribution in [0, 0.1) is 5.92 Å². The molecule has 2 aliphatic heterocycles. The maximum Gasteiger partial charge on any atom is 0.227 e. The quantitative estimate of drug-likeness (QED) is 0.855. The number of aliphatic hydroxyl groups is 1. The molecule has 0 unspecified atom stereocenters. The molecule has 1 aromatic heterocycles. The zero-order valence-corrected chi connectivity index (χ0v) is 15.2. The van der Waals surface area contributed by atoms with Crippen LogP contribution in [0.3, 0.4) is 0 Å². The molecule has 0 saturated carbocycles.